The Morgan fingerprint density at radius 1 is 1.50 bits per heavy atom. The Morgan fingerprint density at radius 2 is 2.33 bits per heavy atom. The maximum absolute atomic E-state index is 11.7. The maximum Gasteiger partial charge on any atom is 0.354 e. The number of aromatic nitrogens is 1. The lowest BCUT2D eigenvalue weighted by atomic mass is 10.1. The molecule has 0 aliphatic carbocycles. The normalized spacial score (nSPS) is 18.6. The second-order valence-electron chi connectivity index (χ2n) is 4.14. The number of rotatable bonds is 4. The average molecular weight is 250 g/mol. The Bertz CT molecular complexity index is 438. The highest BCUT2D eigenvalue weighted by atomic mass is 16.5. The molecule has 6 nitrogen and oxygen atoms in total. The number of nitrogens with one attached hydrogen (secondary N) is 1. The zero-order chi connectivity index (χ0) is 13.0. The first-order valence-corrected chi connectivity index (χ1v) is 5.70. The van der Waals surface area contributed by atoms with E-state index in [1.54, 1.807) is 6.07 Å². The second-order valence-corrected chi connectivity index (χ2v) is 4.14. The van der Waals surface area contributed by atoms with Crippen LogP contribution in [0.1, 0.15) is 22.5 Å². The predicted molar refractivity (Wildman–Crippen MR) is 62.0 cm³/mol. The van der Waals surface area contributed by atoms with Crippen LogP contribution in [0, 0.1) is 5.92 Å². The van der Waals surface area contributed by atoms with Crippen molar-refractivity contribution in [3.8, 4) is 0 Å². The summed E-state index contributed by atoms with van der Waals surface area (Å²) in [7, 11) is 0. The second kappa shape index (κ2) is 5.59. The molecule has 1 aliphatic heterocycles. The molecule has 1 saturated heterocycles. The predicted octanol–water partition coefficient (Wildman–Crippen LogP) is 0.432. The van der Waals surface area contributed by atoms with Crippen LogP contribution in [0.25, 0.3) is 0 Å². The van der Waals surface area contributed by atoms with Gasteiger partial charge in [0, 0.05) is 19.3 Å². The first-order valence-electron chi connectivity index (χ1n) is 5.70. The number of hydrogen-bond acceptors (Lipinski definition) is 4. The van der Waals surface area contributed by atoms with Gasteiger partial charge in [-0.15, -0.1) is 0 Å². The maximum atomic E-state index is 11.7. The lowest BCUT2D eigenvalue weighted by molar-refractivity contribution is -0.125. The Kier molecular flexibility index (Phi) is 3.88. The number of aromatic carboxylic acids is 1. The molecule has 0 aromatic carbocycles. The van der Waals surface area contributed by atoms with Crippen LogP contribution in [0.5, 0.6) is 0 Å². The number of hydrogen-bond donors (Lipinski definition) is 2. The number of ether oxygens (including phenoxy) is 1. The van der Waals surface area contributed by atoms with E-state index >= 15 is 0 Å². The topological polar surface area (TPSA) is 88.5 Å². The fraction of sp³-hybridized carbons (Fsp3) is 0.417. The van der Waals surface area contributed by atoms with E-state index < -0.39 is 5.97 Å². The number of carbonyl (C=O) groups is 2. The first-order chi connectivity index (χ1) is 8.66. The van der Waals surface area contributed by atoms with E-state index in [-0.39, 0.29) is 17.5 Å². The van der Waals surface area contributed by atoms with Crippen LogP contribution in [-0.4, -0.2) is 35.2 Å². The van der Waals surface area contributed by atoms with Gasteiger partial charge in [0.2, 0.25) is 5.91 Å². The summed E-state index contributed by atoms with van der Waals surface area (Å²) >= 11 is 0. The van der Waals surface area contributed by atoms with E-state index in [0.29, 0.717) is 19.8 Å². The van der Waals surface area contributed by atoms with Crippen molar-refractivity contribution < 1.29 is 19.4 Å². The van der Waals surface area contributed by atoms with E-state index in [2.05, 4.69) is 10.3 Å². The molecule has 2 heterocycles. The number of carboxylic acids is 1. The molecule has 2 rings (SSSR count). The number of carboxylic acid groups (broad SMARTS) is 1. The van der Waals surface area contributed by atoms with Gasteiger partial charge in [-0.3, -0.25) is 4.79 Å². The van der Waals surface area contributed by atoms with Crippen LogP contribution < -0.4 is 5.32 Å². The molecule has 2 N–H and O–H groups in total. The molecule has 1 aromatic heterocycles. The molecule has 1 fully saturated rings. The van der Waals surface area contributed by atoms with Crippen LogP contribution in [0.15, 0.2) is 18.3 Å². The van der Waals surface area contributed by atoms with Gasteiger partial charge >= 0.3 is 5.97 Å². The summed E-state index contributed by atoms with van der Waals surface area (Å²) < 4.78 is 5.13. The molecule has 1 aromatic rings. The van der Waals surface area contributed by atoms with Gasteiger partial charge in [0.25, 0.3) is 0 Å². The fourth-order valence-electron chi connectivity index (χ4n) is 1.73. The summed E-state index contributed by atoms with van der Waals surface area (Å²) in [5.74, 6) is -1.17. The van der Waals surface area contributed by atoms with Gasteiger partial charge in [-0.05, 0) is 18.1 Å². The minimum atomic E-state index is -1.06. The third-order valence-electron chi connectivity index (χ3n) is 2.81. The van der Waals surface area contributed by atoms with E-state index in [1.807, 2.05) is 0 Å². The summed E-state index contributed by atoms with van der Waals surface area (Å²) in [6, 6.07) is 3.06. The number of nitrogens with zero attached hydrogens (tertiary/aromatic N) is 1. The van der Waals surface area contributed by atoms with Crippen molar-refractivity contribution in [2.24, 2.45) is 5.92 Å². The van der Waals surface area contributed by atoms with Gasteiger partial charge in [-0.1, -0.05) is 6.07 Å². The van der Waals surface area contributed by atoms with Crippen molar-refractivity contribution >= 4 is 11.9 Å². The zero-order valence-electron chi connectivity index (χ0n) is 9.76. The van der Waals surface area contributed by atoms with E-state index in [0.717, 1.165) is 12.0 Å². The summed E-state index contributed by atoms with van der Waals surface area (Å²) in [6.07, 6.45) is 2.21. The van der Waals surface area contributed by atoms with Crippen LogP contribution in [0.4, 0.5) is 0 Å². The average Bonchev–Trinajstić information content (AvgIpc) is 2.90. The molecule has 18 heavy (non-hydrogen) atoms. The van der Waals surface area contributed by atoms with Crippen molar-refractivity contribution in [2.45, 2.75) is 13.0 Å². The standard InChI is InChI=1S/C12H14N2O4/c15-11(9-3-4-18-7-9)14-6-8-1-2-10(12(16)17)13-5-8/h1-2,5,9H,3-4,6-7H2,(H,14,15)(H,16,17). The molecule has 1 atom stereocenters. The Morgan fingerprint density at radius 3 is 2.89 bits per heavy atom. The Balaban J connectivity index is 1.86. The molecule has 0 bridgehead atoms. The van der Waals surface area contributed by atoms with Crippen LogP contribution in [0.2, 0.25) is 0 Å². The van der Waals surface area contributed by atoms with Crippen molar-refractivity contribution in [1.29, 1.82) is 0 Å². The van der Waals surface area contributed by atoms with Crippen LogP contribution in [-0.2, 0) is 16.1 Å². The molecule has 1 amide bonds. The molecule has 0 saturated carbocycles. The van der Waals surface area contributed by atoms with Crippen molar-refractivity contribution in [3.05, 3.63) is 29.6 Å². The largest absolute Gasteiger partial charge is 0.477 e. The summed E-state index contributed by atoms with van der Waals surface area (Å²) in [4.78, 5) is 26.1. The zero-order valence-corrected chi connectivity index (χ0v) is 9.76. The lowest BCUT2D eigenvalue weighted by Gasteiger charge is -2.09. The van der Waals surface area contributed by atoms with E-state index in [9.17, 15) is 9.59 Å². The van der Waals surface area contributed by atoms with Crippen LogP contribution in [0.3, 0.4) is 0 Å². The molecule has 96 valence electrons. The summed E-state index contributed by atoms with van der Waals surface area (Å²) in [6.45, 7) is 1.46. The molecule has 0 radical (unpaired) electrons. The van der Waals surface area contributed by atoms with Crippen LogP contribution >= 0.6 is 0 Å². The lowest BCUT2D eigenvalue weighted by Crippen LogP contribution is -2.30. The molecular weight excluding hydrogens is 236 g/mol. The fourth-order valence-corrected chi connectivity index (χ4v) is 1.73. The highest BCUT2D eigenvalue weighted by Gasteiger charge is 2.22. The number of pyridine rings is 1. The molecule has 6 heteroatoms. The third kappa shape index (κ3) is 3.04. The first kappa shape index (κ1) is 12.5. The van der Waals surface area contributed by atoms with Gasteiger partial charge in [0.1, 0.15) is 5.69 Å². The summed E-state index contributed by atoms with van der Waals surface area (Å²) in [5.41, 5.74) is 0.765. The van der Waals surface area contributed by atoms with Gasteiger partial charge in [-0.25, -0.2) is 9.78 Å². The van der Waals surface area contributed by atoms with Gasteiger partial charge in [0.15, 0.2) is 0 Å². The smallest absolute Gasteiger partial charge is 0.354 e. The summed E-state index contributed by atoms with van der Waals surface area (Å²) in [5, 5.41) is 11.5. The molecule has 0 spiro atoms. The monoisotopic (exact) mass is 250 g/mol. The molecular formula is C12H14N2O4. The quantitative estimate of drug-likeness (QED) is 0.809. The van der Waals surface area contributed by atoms with E-state index in [1.165, 1.54) is 12.3 Å². The SMILES string of the molecule is O=C(O)c1ccc(CNC(=O)C2CCOC2)cn1. The van der Waals surface area contributed by atoms with Gasteiger partial charge in [-0.2, -0.15) is 0 Å². The third-order valence-corrected chi connectivity index (χ3v) is 2.81. The van der Waals surface area contributed by atoms with Gasteiger partial charge < -0.3 is 15.2 Å². The minimum absolute atomic E-state index is 0.00531. The Labute approximate surface area is 104 Å². The highest BCUT2D eigenvalue weighted by Crippen LogP contribution is 2.12. The number of amides is 1. The van der Waals surface area contributed by atoms with Gasteiger partial charge in [0.05, 0.1) is 12.5 Å². The van der Waals surface area contributed by atoms with Crippen molar-refractivity contribution in [2.75, 3.05) is 13.2 Å². The van der Waals surface area contributed by atoms with E-state index in [4.69, 9.17) is 9.84 Å². The number of carbonyl (C=O) groups excluding carboxylic acids is 1. The molecule has 1 unspecified atom stereocenters. The molecule has 1 aliphatic rings. The van der Waals surface area contributed by atoms with Crippen molar-refractivity contribution in [1.82, 2.24) is 10.3 Å². The van der Waals surface area contributed by atoms with Crippen molar-refractivity contribution in [3.63, 3.8) is 0 Å². The Hall–Kier alpha value is -1.95. The highest BCUT2D eigenvalue weighted by molar-refractivity contribution is 5.85. The minimum Gasteiger partial charge on any atom is -0.477 e.